The van der Waals surface area contributed by atoms with Crippen LogP contribution in [0.5, 0.6) is 0 Å². The number of urea groups is 1. The van der Waals surface area contributed by atoms with Crippen molar-refractivity contribution in [3.63, 3.8) is 0 Å². The summed E-state index contributed by atoms with van der Waals surface area (Å²) in [5, 5.41) is 12.2. The minimum absolute atomic E-state index is 0.0705. The van der Waals surface area contributed by atoms with Crippen LogP contribution in [0.25, 0.3) is 0 Å². The zero-order chi connectivity index (χ0) is 16.3. The number of carbonyl (C=O) groups is 2. The van der Waals surface area contributed by atoms with E-state index in [2.05, 4.69) is 19.2 Å². The first-order chi connectivity index (χ1) is 8.83. The molecular weight excluding hydrogens is 256 g/mol. The summed E-state index contributed by atoms with van der Waals surface area (Å²) < 4.78 is 0. The highest BCUT2D eigenvalue weighted by Crippen LogP contribution is 2.31. The average molecular weight is 286 g/mol. The highest BCUT2D eigenvalue weighted by Gasteiger charge is 2.45. The molecule has 0 fully saturated rings. The largest absolute Gasteiger partial charge is 0.481 e. The number of hydrogen-bond donors (Lipinski definition) is 2. The average Bonchev–Trinajstić information content (AvgIpc) is 2.23. The van der Waals surface area contributed by atoms with E-state index in [1.807, 2.05) is 13.8 Å². The van der Waals surface area contributed by atoms with Crippen molar-refractivity contribution in [3.05, 3.63) is 0 Å². The van der Waals surface area contributed by atoms with E-state index >= 15 is 0 Å². The Balaban J connectivity index is 5.08. The third kappa shape index (κ3) is 4.39. The maximum Gasteiger partial charge on any atom is 0.318 e. The van der Waals surface area contributed by atoms with Crippen LogP contribution >= 0.6 is 0 Å². The normalized spacial score (nSPS) is 12.7. The van der Waals surface area contributed by atoms with Crippen molar-refractivity contribution in [3.8, 4) is 0 Å². The third-order valence-electron chi connectivity index (χ3n) is 3.96. The van der Waals surface area contributed by atoms with Crippen molar-refractivity contribution in [1.29, 1.82) is 0 Å². The van der Waals surface area contributed by atoms with Crippen molar-refractivity contribution in [2.24, 2.45) is 11.3 Å². The number of aliphatic carboxylic acids is 1. The second-order valence-electron chi connectivity index (χ2n) is 7.13. The second-order valence-corrected chi connectivity index (χ2v) is 7.13. The molecule has 2 N–H and O–H groups in total. The molecule has 0 atom stereocenters. The van der Waals surface area contributed by atoms with Gasteiger partial charge in [-0.15, -0.1) is 0 Å². The number of carboxylic acid groups (broad SMARTS) is 1. The Morgan fingerprint density at radius 1 is 1.10 bits per heavy atom. The van der Waals surface area contributed by atoms with Crippen molar-refractivity contribution in [2.75, 3.05) is 6.54 Å². The summed E-state index contributed by atoms with van der Waals surface area (Å²) in [5.41, 5.74) is -1.90. The molecule has 0 aromatic carbocycles. The lowest BCUT2D eigenvalue weighted by atomic mass is 9.74. The zero-order valence-corrected chi connectivity index (χ0v) is 14.1. The standard InChI is InChI=1S/C15H30N2O3/c1-10(2)9-17(11(3)4)13(20)16-15(7,8)14(5,6)12(18)19/h10-11H,9H2,1-8H3,(H,16,20)(H,18,19). The Labute approximate surface area is 122 Å². The first kappa shape index (κ1) is 18.7. The molecule has 5 nitrogen and oxygen atoms in total. The van der Waals surface area contributed by atoms with Gasteiger partial charge in [-0.2, -0.15) is 0 Å². The molecule has 0 unspecified atom stereocenters. The van der Waals surface area contributed by atoms with Gasteiger partial charge < -0.3 is 15.3 Å². The molecule has 118 valence electrons. The number of hydrogen-bond acceptors (Lipinski definition) is 2. The van der Waals surface area contributed by atoms with Gasteiger partial charge in [-0.05, 0) is 47.5 Å². The van der Waals surface area contributed by atoms with E-state index in [1.54, 1.807) is 32.6 Å². The van der Waals surface area contributed by atoms with Crippen molar-refractivity contribution in [1.82, 2.24) is 10.2 Å². The SMILES string of the molecule is CC(C)CN(C(=O)NC(C)(C)C(C)(C)C(=O)O)C(C)C. The van der Waals surface area contributed by atoms with Gasteiger partial charge >= 0.3 is 12.0 Å². The highest BCUT2D eigenvalue weighted by molar-refractivity contribution is 5.79. The monoisotopic (exact) mass is 286 g/mol. The van der Waals surface area contributed by atoms with Gasteiger partial charge in [0.05, 0.1) is 11.0 Å². The summed E-state index contributed by atoms with van der Waals surface area (Å²) in [5.74, 6) is -0.568. The molecule has 0 heterocycles. The molecule has 2 amide bonds. The van der Waals surface area contributed by atoms with Crippen LogP contribution in [0.1, 0.15) is 55.4 Å². The zero-order valence-electron chi connectivity index (χ0n) is 14.1. The quantitative estimate of drug-likeness (QED) is 0.788. The first-order valence-corrected chi connectivity index (χ1v) is 7.15. The summed E-state index contributed by atoms with van der Waals surface area (Å²) in [4.78, 5) is 25.5. The molecule has 0 radical (unpaired) electrons. The topological polar surface area (TPSA) is 69.6 Å². The lowest BCUT2D eigenvalue weighted by molar-refractivity contribution is -0.150. The fourth-order valence-electron chi connectivity index (χ4n) is 1.68. The van der Waals surface area contributed by atoms with Crippen LogP contribution < -0.4 is 5.32 Å². The molecule has 0 spiro atoms. The summed E-state index contributed by atoms with van der Waals surface area (Å²) in [6, 6.07) is -0.144. The predicted molar refractivity (Wildman–Crippen MR) is 80.7 cm³/mol. The molecule has 0 saturated heterocycles. The Morgan fingerprint density at radius 3 is 1.85 bits per heavy atom. The van der Waals surface area contributed by atoms with E-state index in [0.29, 0.717) is 12.5 Å². The fourth-order valence-corrected chi connectivity index (χ4v) is 1.68. The van der Waals surface area contributed by atoms with Crippen LogP contribution in [0.3, 0.4) is 0 Å². The fraction of sp³-hybridized carbons (Fsp3) is 0.867. The van der Waals surface area contributed by atoms with Crippen LogP contribution in [-0.2, 0) is 4.79 Å². The number of carboxylic acids is 1. The molecule has 5 heteroatoms. The minimum atomic E-state index is -1.05. The van der Waals surface area contributed by atoms with E-state index in [0.717, 1.165) is 0 Å². The summed E-state index contributed by atoms with van der Waals surface area (Å²) in [7, 11) is 0. The van der Waals surface area contributed by atoms with Crippen molar-refractivity contribution >= 4 is 12.0 Å². The minimum Gasteiger partial charge on any atom is -0.481 e. The van der Waals surface area contributed by atoms with Crippen molar-refractivity contribution in [2.45, 2.75) is 67.0 Å². The molecule has 0 rings (SSSR count). The smallest absolute Gasteiger partial charge is 0.318 e. The predicted octanol–water partition coefficient (Wildman–Crippen LogP) is 2.95. The number of rotatable bonds is 6. The van der Waals surface area contributed by atoms with E-state index in [-0.39, 0.29) is 12.1 Å². The molecule has 0 aliphatic carbocycles. The van der Waals surface area contributed by atoms with Gasteiger partial charge in [0, 0.05) is 12.6 Å². The lowest BCUT2D eigenvalue weighted by Gasteiger charge is -2.41. The Bertz CT molecular complexity index is 360. The summed E-state index contributed by atoms with van der Waals surface area (Å²) in [6.45, 7) is 15.4. The first-order valence-electron chi connectivity index (χ1n) is 7.15. The highest BCUT2D eigenvalue weighted by atomic mass is 16.4. The second kappa shape index (κ2) is 6.46. The molecule has 0 aliphatic rings. The molecule has 0 bridgehead atoms. The van der Waals surface area contributed by atoms with Crippen LogP contribution in [-0.4, -0.2) is 40.1 Å². The molecule has 0 saturated carbocycles. The molecular formula is C15H30N2O3. The van der Waals surface area contributed by atoms with Crippen LogP contribution in [0, 0.1) is 11.3 Å². The molecule has 0 aromatic rings. The van der Waals surface area contributed by atoms with E-state index < -0.39 is 16.9 Å². The number of carbonyl (C=O) groups excluding carboxylic acids is 1. The van der Waals surface area contributed by atoms with E-state index in [4.69, 9.17) is 0 Å². The molecule has 20 heavy (non-hydrogen) atoms. The third-order valence-corrected chi connectivity index (χ3v) is 3.96. The van der Waals surface area contributed by atoms with Gasteiger partial charge in [0.15, 0.2) is 0 Å². The van der Waals surface area contributed by atoms with Gasteiger partial charge in [-0.25, -0.2) is 4.79 Å². The summed E-state index contributed by atoms with van der Waals surface area (Å²) >= 11 is 0. The molecule has 0 aliphatic heterocycles. The maximum atomic E-state index is 12.4. The Hall–Kier alpha value is -1.26. The van der Waals surface area contributed by atoms with Gasteiger partial charge in [0.1, 0.15) is 0 Å². The Morgan fingerprint density at radius 2 is 1.55 bits per heavy atom. The number of nitrogens with one attached hydrogen (secondary N) is 1. The Kier molecular flexibility index (Phi) is 6.05. The van der Waals surface area contributed by atoms with E-state index in [9.17, 15) is 14.7 Å². The lowest BCUT2D eigenvalue weighted by Crippen LogP contribution is -2.60. The van der Waals surface area contributed by atoms with E-state index in [1.165, 1.54) is 0 Å². The van der Waals surface area contributed by atoms with Crippen LogP contribution in [0.4, 0.5) is 4.79 Å². The number of nitrogens with zero attached hydrogens (tertiary/aromatic N) is 1. The van der Waals surface area contributed by atoms with Gasteiger partial charge in [-0.3, -0.25) is 4.79 Å². The van der Waals surface area contributed by atoms with Crippen LogP contribution in [0.15, 0.2) is 0 Å². The summed E-state index contributed by atoms with van der Waals surface area (Å²) in [6.07, 6.45) is 0. The van der Waals surface area contributed by atoms with Crippen LogP contribution in [0.2, 0.25) is 0 Å². The van der Waals surface area contributed by atoms with Gasteiger partial charge in [0.2, 0.25) is 0 Å². The van der Waals surface area contributed by atoms with Crippen molar-refractivity contribution < 1.29 is 14.7 Å². The van der Waals surface area contributed by atoms with Gasteiger partial charge in [0.25, 0.3) is 0 Å². The maximum absolute atomic E-state index is 12.4. The molecule has 0 aromatic heterocycles. The number of amides is 2. The van der Waals surface area contributed by atoms with Gasteiger partial charge in [-0.1, -0.05) is 13.8 Å².